The monoisotopic (exact) mass is 332 g/mol. The fourth-order valence-electron chi connectivity index (χ4n) is 2.21. The maximum Gasteiger partial charge on any atom is 0.240 e. The number of nitrogens with one attached hydrogen (secondary N) is 1. The van der Waals surface area contributed by atoms with Gasteiger partial charge in [-0.15, -0.1) is 0 Å². The van der Waals surface area contributed by atoms with Crippen LogP contribution in [-0.2, 0) is 16.6 Å². The van der Waals surface area contributed by atoms with Crippen LogP contribution in [0.4, 0.5) is 0 Å². The maximum absolute atomic E-state index is 12.3. The normalized spacial score (nSPS) is 11.7. The molecular weight excluding hydrogens is 316 g/mol. The minimum atomic E-state index is -3.58. The van der Waals surface area contributed by atoms with Gasteiger partial charge in [0, 0.05) is 13.5 Å². The Morgan fingerprint density at radius 3 is 2.61 bits per heavy atom. The van der Waals surface area contributed by atoms with Crippen molar-refractivity contribution in [2.45, 2.75) is 18.4 Å². The van der Waals surface area contributed by atoms with E-state index in [4.69, 9.17) is 9.15 Å². The standard InChI is InChI=1S/C16H16N2O4S/c1-11-18-15-9-12(3-8-16(15)22-11)10-17-23(19,20)14-6-4-13(21-2)5-7-14/h3-9,17H,10H2,1-2H3. The summed E-state index contributed by atoms with van der Waals surface area (Å²) in [6.45, 7) is 1.95. The molecule has 0 radical (unpaired) electrons. The number of rotatable bonds is 5. The van der Waals surface area contributed by atoms with Gasteiger partial charge in [0.05, 0.1) is 12.0 Å². The lowest BCUT2D eigenvalue weighted by Gasteiger charge is -2.07. The summed E-state index contributed by atoms with van der Waals surface area (Å²) in [6, 6.07) is 11.6. The van der Waals surface area contributed by atoms with Gasteiger partial charge in [0.2, 0.25) is 10.0 Å². The second-order valence-electron chi connectivity index (χ2n) is 5.04. The number of nitrogens with zero attached hydrogens (tertiary/aromatic N) is 1. The third kappa shape index (κ3) is 3.35. The topological polar surface area (TPSA) is 81.4 Å². The lowest BCUT2D eigenvalue weighted by molar-refractivity contribution is 0.414. The molecule has 1 aromatic heterocycles. The van der Waals surface area contributed by atoms with Gasteiger partial charge < -0.3 is 9.15 Å². The van der Waals surface area contributed by atoms with Crippen LogP contribution in [0.5, 0.6) is 5.75 Å². The third-order valence-corrected chi connectivity index (χ3v) is 4.81. The molecule has 1 N–H and O–H groups in total. The highest BCUT2D eigenvalue weighted by atomic mass is 32.2. The Labute approximate surface area is 134 Å². The van der Waals surface area contributed by atoms with Crippen molar-refractivity contribution in [3.8, 4) is 5.75 Å². The molecule has 0 aliphatic rings. The lowest BCUT2D eigenvalue weighted by Crippen LogP contribution is -2.23. The number of oxazole rings is 1. The van der Waals surface area contributed by atoms with E-state index >= 15 is 0 Å². The van der Waals surface area contributed by atoms with Gasteiger partial charge in [0.1, 0.15) is 11.3 Å². The van der Waals surface area contributed by atoms with Gasteiger partial charge in [-0.05, 0) is 42.0 Å². The minimum Gasteiger partial charge on any atom is -0.497 e. The smallest absolute Gasteiger partial charge is 0.240 e. The van der Waals surface area contributed by atoms with E-state index < -0.39 is 10.0 Å². The first-order valence-corrected chi connectivity index (χ1v) is 8.46. The molecule has 0 unspecified atom stereocenters. The largest absolute Gasteiger partial charge is 0.497 e. The number of hydrogen-bond acceptors (Lipinski definition) is 5. The van der Waals surface area contributed by atoms with Gasteiger partial charge >= 0.3 is 0 Å². The summed E-state index contributed by atoms with van der Waals surface area (Å²) < 4.78 is 37.6. The van der Waals surface area contributed by atoms with Crippen molar-refractivity contribution in [3.05, 3.63) is 53.9 Å². The van der Waals surface area contributed by atoms with Gasteiger partial charge in [-0.3, -0.25) is 0 Å². The molecule has 120 valence electrons. The molecular formula is C16H16N2O4S. The van der Waals surface area contributed by atoms with Crippen molar-refractivity contribution in [1.82, 2.24) is 9.71 Å². The Morgan fingerprint density at radius 2 is 1.91 bits per heavy atom. The summed E-state index contributed by atoms with van der Waals surface area (Å²) in [4.78, 5) is 4.43. The van der Waals surface area contributed by atoms with Gasteiger partial charge in [-0.2, -0.15) is 0 Å². The van der Waals surface area contributed by atoms with E-state index in [0.29, 0.717) is 22.7 Å². The molecule has 0 atom stereocenters. The average Bonchev–Trinajstić information content (AvgIpc) is 2.92. The first-order chi connectivity index (χ1) is 11.0. The zero-order valence-electron chi connectivity index (χ0n) is 12.7. The zero-order valence-corrected chi connectivity index (χ0v) is 13.6. The van der Waals surface area contributed by atoms with Gasteiger partial charge in [0.15, 0.2) is 11.5 Å². The maximum atomic E-state index is 12.3. The molecule has 23 heavy (non-hydrogen) atoms. The predicted octanol–water partition coefficient (Wildman–Crippen LogP) is 2.62. The van der Waals surface area contributed by atoms with E-state index in [2.05, 4.69) is 9.71 Å². The molecule has 0 spiro atoms. The van der Waals surface area contributed by atoms with Gasteiger partial charge in [0.25, 0.3) is 0 Å². The predicted molar refractivity (Wildman–Crippen MR) is 85.8 cm³/mol. The van der Waals surface area contributed by atoms with Crippen LogP contribution in [-0.4, -0.2) is 20.5 Å². The van der Waals surface area contributed by atoms with Crippen molar-refractivity contribution >= 4 is 21.1 Å². The summed E-state index contributed by atoms with van der Waals surface area (Å²) in [5, 5.41) is 0. The molecule has 2 aromatic carbocycles. The van der Waals surface area contributed by atoms with E-state index in [1.54, 1.807) is 25.1 Å². The number of benzene rings is 2. The lowest BCUT2D eigenvalue weighted by atomic mass is 10.2. The first-order valence-electron chi connectivity index (χ1n) is 6.98. The molecule has 0 saturated heterocycles. The Kier molecular flexibility index (Phi) is 4.06. The molecule has 0 aliphatic heterocycles. The second kappa shape index (κ2) is 6.02. The number of sulfonamides is 1. The third-order valence-electron chi connectivity index (χ3n) is 3.39. The second-order valence-corrected chi connectivity index (χ2v) is 6.80. The van der Waals surface area contributed by atoms with Crippen LogP contribution in [0.15, 0.2) is 51.8 Å². The molecule has 0 fully saturated rings. The number of methoxy groups -OCH3 is 1. The molecule has 3 aromatic rings. The summed E-state index contributed by atoms with van der Waals surface area (Å²) in [6.07, 6.45) is 0. The van der Waals surface area contributed by atoms with Crippen LogP contribution in [0.3, 0.4) is 0 Å². The molecule has 6 nitrogen and oxygen atoms in total. The SMILES string of the molecule is COc1ccc(S(=O)(=O)NCc2ccc3oc(C)nc3c2)cc1. The van der Waals surface area contributed by atoms with Crippen LogP contribution in [0.25, 0.3) is 11.1 Å². The van der Waals surface area contributed by atoms with Crippen molar-refractivity contribution in [2.24, 2.45) is 0 Å². The van der Waals surface area contributed by atoms with Crippen molar-refractivity contribution in [2.75, 3.05) is 7.11 Å². The average molecular weight is 332 g/mol. The Bertz CT molecular complexity index is 930. The van der Waals surface area contributed by atoms with E-state index in [1.165, 1.54) is 19.2 Å². The number of aryl methyl sites for hydroxylation is 1. The van der Waals surface area contributed by atoms with Crippen molar-refractivity contribution < 1.29 is 17.6 Å². The zero-order chi connectivity index (χ0) is 16.4. The van der Waals surface area contributed by atoms with Crippen LogP contribution in [0.1, 0.15) is 11.5 Å². The van der Waals surface area contributed by atoms with Crippen LogP contribution in [0, 0.1) is 6.92 Å². The van der Waals surface area contributed by atoms with Crippen molar-refractivity contribution in [1.29, 1.82) is 0 Å². The number of aromatic nitrogens is 1. The first kappa shape index (κ1) is 15.5. The van der Waals surface area contributed by atoms with E-state index in [0.717, 1.165) is 5.56 Å². The summed E-state index contributed by atoms with van der Waals surface area (Å²) in [7, 11) is -2.05. The van der Waals surface area contributed by atoms with E-state index in [-0.39, 0.29) is 11.4 Å². The highest BCUT2D eigenvalue weighted by Crippen LogP contribution is 2.18. The highest BCUT2D eigenvalue weighted by Gasteiger charge is 2.14. The number of ether oxygens (including phenoxy) is 1. The van der Waals surface area contributed by atoms with Crippen molar-refractivity contribution in [3.63, 3.8) is 0 Å². The Balaban J connectivity index is 1.76. The molecule has 0 aliphatic carbocycles. The summed E-state index contributed by atoms with van der Waals surface area (Å²) >= 11 is 0. The van der Waals surface area contributed by atoms with Gasteiger partial charge in [-0.1, -0.05) is 6.07 Å². The quantitative estimate of drug-likeness (QED) is 0.777. The Morgan fingerprint density at radius 1 is 1.17 bits per heavy atom. The number of fused-ring (bicyclic) bond motifs is 1. The number of hydrogen-bond donors (Lipinski definition) is 1. The molecule has 0 bridgehead atoms. The molecule has 3 rings (SSSR count). The van der Waals surface area contributed by atoms with Crippen LogP contribution in [0.2, 0.25) is 0 Å². The fourth-order valence-corrected chi connectivity index (χ4v) is 3.23. The summed E-state index contributed by atoms with van der Waals surface area (Å²) in [5.74, 6) is 1.19. The van der Waals surface area contributed by atoms with Gasteiger partial charge in [-0.25, -0.2) is 18.1 Å². The molecule has 0 saturated carbocycles. The van der Waals surface area contributed by atoms with E-state index in [1.807, 2.05) is 12.1 Å². The highest BCUT2D eigenvalue weighted by molar-refractivity contribution is 7.89. The summed E-state index contributed by atoms with van der Waals surface area (Å²) in [5.41, 5.74) is 2.20. The fraction of sp³-hybridized carbons (Fsp3) is 0.188. The van der Waals surface area contributed by atoms with E-state index in [9.17, 15) is 8.42 Å². The molecule has 7 heteroatoms. The van der Waals surface area contributed by atoms with Crippen LogP contribution >= 0.6 is 0 Å². The Hall–Kier alpha value is -2.38. The molecule has 1 heterocycles. The van der Waals surface area contributed by atoms with Crippen LogP contribution < -0.4 is 9.46 Å². The molecule has 0 amide bonds. The minimum absolute atomic E-state index is 0.177.